The Hall–Kier alpha value is -0.110. The van der Waals surface area contributed by atoms with Gasteiger partial charge in [-0.15, -0.1) is 0 Å². The van der Waals surface area contributed by atoms with Gasteiger partial charge in [0.25, 0.3) is 0 Å². The summed E-state index contributed by atoms with van der Waals surface area (Å²) in [5, 5.41) is -0.0631. The van der Waals surface area contributed by atoms with Crippen molar-refractivity contribution in [1.29, 1.82) is 0 Å². The van der Waals surface area contributed by atoms with E-state index < -0.39 is 0 Å². The fourth-order valence-corrected chi connectivity index (χ4v) is 1.74. The lowest BCUT2D eigenvalue weighted by Gasteiger charge is -2.04. The van der Waals surface area contributed by atoms with Crippen LogP contribution < -0.4 is 0 Å². The Morgan fingerprint density at radius 3 is 2.50 bits per heavy atom. The molecule has 0 aromatic rings. The normalized spacial score (nSPS) is 19.6. The van der Waals surface area contributed by atoms with E-state index in [0.717, 1.165) is 12.3 Å². The predicted octanol–water partition coefficient (Wildman–Crippen LogP) is 2.68. The summed E-state index contributed by atoms with van der Waals surface area (Å²) in [6.45, 7) is 0. The van der Waals surface area contributed by atoms with Crippen molar-refractivity contribution < 1.29 is 4.79 Å². The summed E-state index contributed by atoms with van der Waals surface area (Å²) in [6.07, 6.45) is 7.03. The van der Waals surface area contributed by atoms with E-state index in [-0.39, 0.29) is 5.12 Å². The van der Waals surface area contributed by atoms with Gasteiger partial charge in [-0.05, 0) is 25.0 Å². The first-order chi connectivity index (χ1) is 4.79. The SMILES string of the molecule is O=C([S])CCC1CCCC1. The Balaban J connectivity index is 2.07. The summed E-state index contributed by atoms with van der Waals surface area (Å²) in [5.74, 6) is 0.812. The van der Waals surface area contributed by atoms with E-state index in [1.54, 1.807) is 0 Å². The second kappa shape index (κ2) is 3.91. The molecule has 1 nitrogen and oxygen atoms in total. The molecular formula is C8H13OS. The highest BCUT2D eigenvalue weighted by Crippen LogP contribution is 2.28. The number of carbonyl (C=O) groups excluding carboxylic acids is 1. The van der Waals surface area contributed by atoms with Crippen LogP contribution in [0, 0.1) is 5.92 Å². The highest BCUT2D eigenvalue weighted by Gasteiger charge is 2.15. The second-order valence-electron chi connectivity index (χ2n) is 3.06. The molecule has 1 aliphatic carbocycles. The quantitative estimate of drug-likeness (QED) is 0.615. The first kappa shape index (κ1) is 7.99. The first-order valence-electron chi connectivity index (χ1n) is 3.99. The maximum Gasteiger partial charge on any atom is 0.218 e. The van der Waals surface area contributed by atoms with Crippen molar-refractivity contribution >= 4 is 17.7 Å². The van der Waals surface area contributed by atoms with Crippen LogP contribution in [0.5, 0.6) is 0 Å². The molecule has 0 atom stereocenters. The molecule has 0 N–H and O–H groups in total. The van der Waals surface area contributed by atoms with E-state index in [4.69, 9.17) is 0 Å². The van der Waals surface area contributed by atoms with Gasteiger partial charge in [0, 0.05) is 6.42 Å². The average Bonchev–Trinajstić information content (AvgIpc) is 2.34. The van der Waals surface area contributed by atoms with Gasteiger partial charge in [0.05, 0.1) is 0 Å². The van der Waals surface area contributed by atoms with Gasteiger partial charge in [0.2, 0.25) is 5.12 Å². The van der Waals surface area contributed by atoms with Crippen LogP contribution in [0.4, 0.5) is 0 Å². The van der Waals surface area contributed by atoms with E-state index in [2.05, 4.69) is 12.6 Å². The third kappa shape index (κ3) is 2.65. The van der Waals surface area contributed by atoms with E-state index in [0.29, 0.717) is 6.42 Å². The molecule has 0 aromatic carbocycles. The zero-order chi connectivity index (χ0) is 7.40. The third-order valence-electron chi connectivity index (χ3n) is 2.23. The molecule has 0 aliphatic heterocycles. The molecule has 1 saturated carbocycles. The van der Waals surface area contributed by atoms with Crippen LogP contribution in [0.1, 0.15) is 38.5 Å². The molecule has 0 saturated heterocycles. The van der Waals surface area contributed by atoms with Crippen molar-refractivity contribution in [2.45, 2.75) is 38.5 Å². The van der Waals surface area contributed by atoms with Crippen LogP contribution in [0.3, 0.4) is 0 Å². The van der Waals surface area contributed by atoms with Crippen LogP contribution in [0.25, 0.3) is 0 Å². The lowest BCUT2D eigenvalue weighted by atomic mass is 10.0. The summed E-state index contributed by atoms with van der Waals surface area (Å²) in [4.78, 5) is 10.4. The Labute approximate surface area is 67.6 Å². The lowest BCUT2D eigenvalue weighted by molar-refractivity contribution is -0.111. The second-order valence-corrected chi connectivity index (χ2v) is 3.52. The average molecular weight is 157 g/mol. The van der Waals surface area contributed by atoms with Gasteiger partial charge in [-0.1, -0.05) is 25.7 Å². The van der Waals surface area contributed by atoms with Crippen molar-refractivity contribution in [3.63, 3.8) is 0 Å². The Kier molecular flexibility index (Phi) is 3.13. The van der Waals surface area contributed by atoms with Gasteiger partial charge in [-0.2, -0.15) is 0 Å². The number of hydrogen-bond donors (Lipinski definition) is 0. The fourth-order valence-electron chi connectivity index (χ4n) is 1.62. The molecule has 0 aromatic heterocycles. The van der Waals surface area contributed by atoms with E-state index in [9.17, 15) is 4.79 Å². The first-order valence-corrected chi connectivity index (χ1v) is 4.39. The smallest absolute Gasteiger partial charge is 0.218 e. The number of rotatable bonds is 3. The highest BCUT2D eigenvalue weighted by atomic mass is 32.1. The lowest BCUT2D eigenvalue weighted by Crippen LogP contribution is -1.95. The van der Waals surface area contributed by atoms with Gasteiger partial charge in [0.1, 0.15) is 0 Å². The summed E-state index contributed by atoms with van der Waals surface area (Å²) in [7, 11) is 0. The van der Waals surface area contributed by atoms with Crippen LogP contribution in [0.2, 0.25) is 0 Å². The van der Waals surface area contributed by atoms with Crippen molar-refractivity contribution in [2.24, 2.45) is 5.92 Å². The Morgan fingerprint density at radius 2 is 2.00 bits per heavy atom. The van der Waals surface area contributed by atoms with Gasteiger partial charge < -0.3 is 0 Å². The van der Waals surface area contributed by atoms with Crippen LogP contribution in [-0.2, 0) is 4.79 Å². The molecule has 1 radical (unpaired) electrons. The standard InChI is InChI=1S/C8H13OS/c9-8(10)6-5-7-3-1-2-4-7/h7H,1-6H2. The van der Waals surface area contributed by atoms with E-state index in [1.165, 1.54) is 25.7 Å². The predicted molar refractivity (Wildman–Crippen MR) is 43.8 cm³/mol. The molecule has 0 spiro atoms. The molecule has 0 bridgehead atoms. The minimum atomic E-state index is -0.0631. The van der Waals surface area contributed by atoms with Crippen molar-refractivity contribution in [3.05, 3.63) is 0 Å². The topological polar surface area (TPSA) is 17.1 Å². The molecule has 0 amide bonds. The minimum Gasteiger partial charge on any atom is -0.282 e. The van der Waals surface area contributed by atoms with E-state index in [1.807, 2.05) is 0 Å². The molecule has 0 unspecified atom stereocenters. The number of carbonyl (C=O) groups is 1. The van der Waals surface area contributed by atoms with Crippen LogP contribution >= 0.6 is 12.6 Å². The van der Waals surface area contributed by atoms with Gasteiger partial charge in [-0.25, -0.2) is 0 Å². The molecule has 0 heterocycles. The zero-order valence-electron chi connectivity index (χ0n) is 6.14. The zero-order valence-corrected chi connectivity index (χ0v) is 6.95. The van der Waals surface area contributed by atoms with Crippen molar-refractivity contribution in [1.82, 2.24) is 0 Å². The highest BCUT2D eigenvalue weighted by molar-refractivity contribution is 7.96. The Bertz CT molecular complexity index is 116. The Morgan fingerprint density at radius 1 is 1.40 bits per heavy atom. The van der Waals surface area contributed by atoms with Crippen molar-refractivity contribution in [2.75, 3.05) is 0 Å². The van der Waals surface area contributed by atoms with E-state index >= 15 is 0 Å². The third-order valence-corrected chi connectivity index (χ3v) is 2.44. The van der Waals surface area contributed by atoms with Gasteiger partial charge in [0.15, 0.2) is 0 Å². The maximum absolute atomic E-state index is 10.4. The maximum atomic E-state index is 10.4. The molecule has 1 aliphatic rings. The monoisotopic (exact) mass is 157 g/mol. The fraction of sp³-hybridized carbons (Fsp3) is 0.875. The van der Waals surface area contributed by atoms with Gasteiger partial charge >= 0.3 is 0 Å². The van der Waals surface area contributed by atoms with Crippen LogP contribution in [-0.4, -0.2) is 5.12 Å². The molecule has 57 valence electrons. The summed E-state index contributed by atoms with van der Waals surface area (Å²) in [6, 6.07) is 0. The van der Waals surface area contributed by atoms with Crippen molar-refractivity contribution in [3.8, 4) is 0 Å². The van der Waals surface area contributed by atoms with Gasteiger partial charge in [-0.3, -0.25) is 4.79 Å². The largest absolute Gasteiger partial charge is 0.282 e. The summed E-state index contributed by atoms with van der Waals surface area (Å²) >= 11 is 4.47. The summed E-state index contributed by atoms with van der Waals surface area (Å²) in [5.41, 5.74) is 0. The molecule has 1 rings (SSSR count). The molecule has 2 heteroatoms. The van der Waals surface area contributed by atoms with Crippen LogP contribution in [0.15, 0.2) is 0 Å². The minimum absolute atomic E-state index is 0.0631. The molecular weight excluding hydrogens is 144 g/mol. The molecule has 10 heavy (non-hydrogen) atoms. The number of hydrogen-bond acceptors (Lipinski definition) is 1. The molecule has 1 fully saturated rings. The summed E-state index contributed by atoms with van der Waals surface area (Å²) < 4.78 is 0.